The van der Waals surface area contributed by atoms with Crippen molar-refractivity contribution in [3.63, 3.8) is 0 Å². The minimum absolute atomic E-state index is 0.232. The summed E-state index contributed by atoms with van der Waals surface area (Å²) in [6.07, 6.45) is 2.02. The maximum absolute atomic E-state index is 11.7. The highest BCUT2D eigenvalue weighted by Gasteiger charge is 2.07. The maximum Gasteiger partial charge on any atom is 0.338 e. The van der Waals surface area contributed by atoms with Gasteiger partial charge in [0, 0.05) is 19.8 Å². The van der Waals surface area contributed by atoms with Gasteiger partial charge in [-0.25, -0.2) is 4.79 Å². The first-order valence-electron chi connectivity index (χ1n) is 6.45. The van der Waals surface area contributed by atoms with Crippen molar-refractivity contribution in [2.75, 3.05) is 25.6 Å². The monoisotopic (exact) mass is 249 g/mol. The van der Waals surface area contributed by atoms with Crippen LogP contribution in [0.15, 0.2) is 24.3 Å². The molecule has 0 aromatic heterocycles. The number of nitrogens with zero attached hydrogens (tertiary/aromatic N) is 1. The number of ether oxygens (including phenoxy) is 1. The van der Waals surface area contributed by atoms with E-state index in [-0.39, 0.29) is 5.97 Å². The van der Waals surface area contributed by atoms with Gasteiger partial charge in [0.15, 0.2) is 0 Å². The fraction of sp³-hybridized carbons (Fsp3) is 0.533. The van der Waals surface area contributed by atoms with Gasteiger partial charge in [-0.2, -0.15) is 0 Å². The van der Waals surface area contributed by atoms with Crippen molar-refractivity contribution in [2.45, 2.75) is 26.7 Å². The molecule has 100 valence electrons. The summed E-state index contributed by atoms with van der Waals surface area (Å²) in [5.74, 6) is 0.423. The Labute approximate surface area is 110 Å². The molecule has 0 aliphatic rings. The van der Waals surface area contributed by atoms with Gasteiger partial charge in [-0.3, -0.25) is 0 Å². The summed E-state index contributed by atoms with van der Waals surface area (Å²) in [7, 11) is 3.94. The fourth-order valence-corrected chi connectivity index (χ4v) is 1.64. The van der Waals surface area contributed by atoms with E-state index in [0.717, 1.165) is 18.5 Å². The second-order valence-corrected chi connectivity index (χ2v) is 5.11. The summed E-state index contributed by atoms with van der Waals surface area (Å²) in [5, 5.41) is 0. The first-order chi connectivity index (χ1) is 8.50. The van der Waals surface area contributed by atoms with Gasteiger partial charge in [0.25, 0.3) is 0 Å². The topological polar surface area (TPSA) is 29.5 Å². The minimum Gasteiger partial charge on any atom is -0.462 e. The van der Waals surface area contributed by atoms with Gasteiger partial charge in [0.05, 0.1) is 12.2 Å². The van der Waals surface area contributed by atoms with Crippen LogP contribution in [0.5, 0.6) is 0 Å². The summed E-state index contributed by atoms with van der Waals surface area (Å²) in [5.41, 5.74) is 1.69. The zero-order chi connectivity index (χ0) is 13.5. The van der Waals surface area contributed by atoms with Crippen LogP contribution in [0.3, 0.4) is 0 Å². The summed E-state index contributed by atoms with van der Waals surface area (Å²) >= 11 is 0. The average molecular weight is 249 g/mol. The molecule has 0 spiro atoms. The van der Waals surface area contributed by atoms with Crippen molar-refractivity contribution in [1.82, 2.24) is 0 Å². The molecular formula is C15H23NO2. The molecule has 0 bridgehead atoms. The lowest BCUT2D eigenvalue weighted by Crippen LogP contribution is -2.10. The molecule has 0 aliphatic heterocycles. The summed E-state index contributed by atoms with van der Waals surface area (Å²) in [6.45, 7) is 4.84. The molecule has 0 aliphatic carbocycles. The van der Waals surface area contributed by atoms with Gasteiger partial charge < -0.3 is 9.64 Å². The molecule has 0 unspecified atom stereocenters. The van der Waals surface area contributed by atoms with Crippen LogP contribution >= 0.6 is 0 Å². The number of carbonyl (C=O) groups excluding carboxylic acids is 1. The minimum atomic E-state index is -0.232. The van der Waals surface area contributed by atoms with Gasteiger partial charge in [0.2, 0.25) is 0 Å². The van der Waals surface area contributed by atoms with Crippen LogP contribution in [0, 0.1) is 5.92 Å². The number of carbonyl (C=O) groups is 1. The first kappa shape index (κ1) is 14.6. The van der Waals surface area contributed by atoms with Crippen molar-refractivity contribution in [1.29, 1.82) is 0 Å². The van der Waals surface area contributed by atoms with Crippen LogP contribution in [-0.2, 0) is 4.74 Å². The molecule has 0 atom stereocenters. The summed E-state index contributed by atoms with van der Waals surface area (Å²) in [4.78, 5) is 13.7. The number of hydrogen-bond acceptors (Lipinski definition) is 3. The molecule has 18 heavy (non-hydrogen) atoms. The van der Waals surface area contributed by atoms with Crippen LogP contribution in [-0.4, -0.2) is 26.7 Å². The van der Waals surface area contributed by atoms with E-state index in [0.29, 0.717) is 18.1 Å². The largest absolute Gasteiger partial charge is 0.462 e. The molecule has 3 heteroatoms. The molecule has 0 saturated carbocycles. The van der Waals surface area contributed by atoms with Crippen molar-refractivity contribution in [3.05, 3.63) is 29.8 Å². The molecular weight excluding hydrogens is 226 g/mol. The smallest absolute Gasteiger partial charge is 0.338 e. The summed E-state index contributed by atoms with van der Waals surface area (Å²) in [6, 6.07) is 7.45. The summed E-state index contributed by atoms with van der Waals surface area (Å²) < 4.78 is 5.23. The fourth-order valence-electron chi connectivity index (χ4n) is 1.64. The van der Waals surface area contributed by atoms with Crippen LogP contribution in [0.2, 0.25) is 0 Å². The van der Waals surface area contributed by atoms with Crippen LogP contribution in [0.4, 0.5) is 5.69 Å². The molecule has 0 N–H and O–H groups in total. The Kier molecular flexibility index (Phi) is 5.69. The van der Waals surface area contributed by atoms with Gasteiger partial charge in [0.1, 0.15) is 0 Å². The maximum atomic E-state index is 11.7. The van der Waals surface area contributed by atoms with E-state index in [1.807, 2.05) is 31.1 Å². The molecule has 1 aromatic carbocycles. The van der Waals surface area contributed by atoms with Gasteiger partial charge in [-0.05, 0) is 43.0 Å². The Balaban J connectivity index is 2.42. The van der Waals surface area contributed by atoms with Gasteiger partial charge in [-0.1, -0.05) is 13.8 Å². The van der Waals surface area contributed by atoms with E-state index in [1.165, 1.54) is 0 Å². The predicted octanol–water partition coefficient (Wildman–Crippen LogP) is 3.35. The van der Waals surface area contributed by atoms with E-state index in [2.05, 4.69) is 13.8 Å². The molecule has 3 nitrogen and oxygen atoms in total. The molecule has 0 saturated heterocycles. The normalized spacial score (nSPS) is 10.5. The molecule has 0 radical (unpaired) electrons. The van der Waals surface area contributed by atoms with Crippen LogP contribution in [0.1, 0.15) is 37.0 Å². The van der Waals surface area contributed by atoms with Crippen molar-refractivity contribution >= 4 is 11.7 Å². The van der Waals surface area contributed by atoms with E-state index in [9.17, 15) is 4.79 Å². The Hall–Kier alpha value is -1.51. The van der Waals surface area contributed by atoms with E-state index in [1.54, 1.807) is 12.1 Å². The Bertz CT molecular complexity index is 369. The molecule has 0 amide bonds. The quantitative estimate of drug-likeness (QED) is 0.572. The highest BCUT2D eigenvalue weighted by molar-refractivity contribution is 5.89. The standard InChI is InChI=1S/C15H23NO2/c1-12(2)6-5-11-18-15(17)13-7-9-14(10-8-13)16(3)4/h7-10,12H,5-6,11H2,1-4H3. The number of benzene rings is 1. The van der Waals surface area contributed by atoms with Crippen molar-refractivity contribution in [3.8, 4) is 0 Å². The van der Waals surface area contributed by atoms with Crippen molar-refractivity contribution in [2.24, 2.45) is 5.92 Å². The highest BCUT2D eigenvalue weighted by atomic mass is 16.5. The number of hydrogen-bond donors (Lipinski definition) is 0. The SMILES string of the molecule is CC(C)CCCOC(=O)c1ccc(N(C)C)cc1. The van der Waals surface area contributed by atoms with Gasteiger partial charge in [-0.15, -0.1) is 0 Å². The number of esters is 1. The third-order valence-corrected chi connectivity index (χ3v) is 2.78. The van der Waals surface area contributed by atoms with Crippen molar-refractivity contribution < 1.29 is 9.53 Å². The Morgan fingerprint density at radius 3 is 2.33 bits per heavy atom. The Morgan fingerprint density at radius 1 is 1.22 bits per heavy atom. The lowest BCUT2D eigenvalue weighted by molar-refractivity contribution is 0.0495. The molecule has 1 rings (SSSR count). The third kappa shape index (κ3) is 4.78. The highest BCUT2D eigenvalue weighted by Crippen LogP contribution is 2.13. The number of rotatable bonds is 6. The second-order valence-electron chi connectivity index (χ2n) is 5.11. The molecule has 1 aromatic rings. The predicted molar refractivity (Wildman–Crippen MR) is 75.1 cm³/mol. The molecule has 0 fully saturated rings. The number of anilines is 1. The third-order valence-electron chi connectivity index (χ3n) is 2.78. The van der Waals surface area contributed by atoms with E-state index < -0.39 is 0 Å². The van der Waals surface area contributed by atoms with Gasteiger partial charge >= 0.3 is 5.97 Å². The second kappa shape index (κ2) is 7.04. The first-order valence-corrected chi connectivity index (χ1v) is 6.45. The average Bonchev–Trinajstić information content (AvgIpc) is 2.34. The molecule has 0 heterocycles. The lowest BCUT2D eigenvalue weighted by atomic mass is 10.1. The lowest BCUT2D eigenvalue weighted by Gasteiger charge is -2.12. The van der Waals surface area contributed by atoms with E-state index in [4.69, 9.17) is 4.74 Å². The zero-order valence-corrected chi connectivity index (χ0v) is 11.8. The Morgan fingerprint density at radius 2 is 1.83 bits per heavy atom. The van der Waals surface area contributed by atoms with Crippen LogP contribution < -0.4 is 4.90 Å². The van der Waals surface area contributed by atoms with E-state index >= 15 is 0 Å². The zero-order valence-electron chi connectivity index (χ0n) is 11.8. The van der Waals surface area contributed by atoms with Crippen LogP contribution in [0.25, 0.3) is 0 Å².